The Labute approximate surface area is 406 Å². The number of aromatic nitrogens is 8. The SMILES string of the molecule is CN(c1ccccc1)c1ccc(N(c2cc(-c3nnc(-c4ccccc4)o3)cc(-c3nnc(-c4ccccc4)o3)c2)c2cc(-c3nnc(-c4ccccc4)o3)cc(-[n+]3coc(-c4ccccc4)n3)c2)cc1. The predicted molar refractivity (Wildman–Crippen MR) is 269 cm³/mol. The van der Waals surface area contributed by atoms with Crippen LogP contribution in [0.4, 0.5) is 28.4 Å². The van der Waals surface area contributed by atoms with E-state index in [0.717, 1.165) is 39.3 Å². The quantitative estimate of drug-likeness (QED) is 0.101. The van der Waals surface area contributed by atoms with Crippen molar-refractivity contribution in [2.75, 3.05) is 16.8 Å². The van der Waals surface area contributed by atoms with Crippen LogP contribution in [0.2, 0.25) is 0 Å². The molecule has 14 heteroatoms. The molecule has 0 saturated carbocycles. The first-order valence-corrected chi connectivity index (χ1v) is 22.7. The van der Waals surface area contributed by atoms with Crippen LogP contribution in [0.3, 0.4) is 0 Å². The molecule has 14 nitrogen and oxygen atoms in total. The molecule has 4 aromatic heterocycles. The molecule has 12 rings (SSSR count). The zero-order chi connectivity index (χ0) is 47.5. The highest BCUT2D eigenvalue weighted by atomic mass is 16.4. The highest BCUT2D eigenvalue weighted by Gasteiger charge is 2.26. The second-order valence-corrected chi connectivity index (χ2v) is 16.4. The molecule has 0 aliphatic carbocycles. The number of hydrogen-bond donors (Lipinski definition) is 0. The minimum absolute atomic E-state index is 0.287. The van der Waals surface area contributed by atoms with Crippen molar-refractivity contribution in [2.45, 2.75) is 0 Å². The van der Waals surface area contributed by atoms with Crippen molar-refractivity contribution in [2.24, 2.45) is 0 Å². The first kappa shape index (κ1) is 42.3. The van der Waals surface area contributed by atoms with Gasteiger partial charge in [0.15, 0.2) is 0 Å². The number of benzene rings is 8. The van der Waals surface area contributed by atoms with Gasteiger partial charge in [0.2, 0.25) is 41.0 Å². The summed E-state index contributed by atoms with van der Waals surface area (Å²) in [5.74, 6) is 2.44. The van der Waals surface area contributed by atoms with Crippen molar-refractivity contribution in [1.29, 1.82) is 0 Å². The molecule has 0 unspecified atom stereocenters. The number of nitrogens with zero attached hydrogens (tertiary/aromatic N) is 10. The summed E-state index contributed by atoms with van der Waals surface area (Å²) >= 11 is 0. The summed E-state index contributed by atoms with van der Waals surface area (Å²) in [5.41, 5.74) is 9.90. The van der Waals surface area contributed by atoms with E-state index >= 15 is 0 Å². The second-order valence-electron chi connectivity index (χ2n) is 16.4. The molecular weight excluding hydrogens is 889 g/mol. The lowest BCUT2D eigenvalue weighted by atomic mass is 10.1. The summed E-state index contributed by atoms with van der Waals surface area (Å²) in [5, 5.41) is 32.0. The minimum atomic E-state index is 0.287. The van der Waals surface area contributed by atoms with Gasteiger partial charge >= 0.3 is 6.39 Å². The molecule has 0 amide bonds. The monoisotopic (exact) mass is 927 g/mol. The van der Waals surface area contributed by atoms with E-state index in [4.69, 9.17) is 22.8 Å². The summed E-state index contributed by atoms with van der Waals surface area (Å²) in [7, 11) is 2.04. The lowest BCUT2D eigenvalue weighted by Gasteiger charge is -2.27. The van der Waals surface area contributed by atoms with E-state index in [1.165, 1.54) is 0 Å². The van der Waals surface area contributed by atoms with Crippen molar-refractivity contribution in [3.63, 3.8) is 0 Å². The fourth-order valence-corrected chi connectivity index (χ4v) is 8.22. The summed E-state index contributed by atoms with van der Waals surface area (Å²) in [4.78, 5) is 4.25. The zero-order valence-electron chi connectivity index (χ0n) is 37.9. The molecule has 0 aliphatic heterocycles. The van der Waals surface area contributed by atoms with Gasteiger partial charge in [-0.15, -0.1) is 30.6 Å². The summed E-state index contributed by atoms with van der Waals surface area (Å²) in [6.45, 7) is 0. The third kappa shape index (κ3) is 8.71. The molecule has 4 heterocycles. The van der Waals surface area contributed by atoms with Crippen molar-refractivity contribution in [1.82, 2.24) is 35.7 Å². The van der Waals surface area contributed by atoms with Gasteiger partial charge in [-0.2, -0.15) is 0 Å². The molecule has 0 bridgehead atoms. The third-order valence-corrected chi connectivity index (χ3v) is 11.8. The van der Waals surface area contributed by atoms with Gasteiger partial charge in [-0.25, -0.2) is 0 Å². The van der Waals surface area contributed by atoms with Crippen molar-refractivity contribution in [3.8, 4) is 85.9 Å². The van der Waals surface area contributed by atoms with Crippen LogP contribution < -0.4 is 14.5 Å². The van der Waals surface area contributed by atoms with Crippen LogP contribution in [-0.2, 0) is 0 Å². The van der Waals surface area contributed by atoms with Gasteiger partial charge in [0.1, 0.15) is 0 Å². The van der Waals surface area contributed by atoms with Crippen molar-refractivity contribution in [3.05, 3.63) is 219 Å². The van der Waals surface area contributed by atoms with E-state index in [9.17, 15) is 0 Å². The van der Waals surface area contributed by atoms with Gasteiger partial charge in [-0.05, 0) is 114 Å². The molecular formula is C57H39N10O4+. The summed E-state index contributed by atoms with van der Waals surface area (Å²) in [6, 6.07) is 69.1. The van der Waals surface area contributed by atoms with E-state index in [2.05, 4.69) is 76.8 Å². The lowest BCUT2D eigenvalue weighted by molar-refractivity contribution is -0.659. The predicted octanol–water partition coefficient (Wildman–Crippen LogP) is 13.0. The largest absolute Gasteiger partial charge is 0.416 e. The Hall–Kier alpha value is -10.1. The normalized spacial score (nSPS) is 11.2. The lowest BCUT2D eigenvalue weighted by Crippen LogP contribution is -2.32. The van der Waals surface area contributed by atoms with E-state index in [1.807, 2.05) is 183 Å². The maximum absolute atomic E-state index is 6.43. The molecule has 12 aromatic rings. The van der Waals surface area contributed by atoms with Gasteiger partial charge in [0.25, 0.3) is 5.89 Å². The van der Waals surface area contributed by atoms with Crippen LogP contribution >= 0.6 is 0 Å². The molecule has 0 aliphatic rings. The van der Waals surface area contributed by atoms with Crippen LogP contribution in [0.25, 0.3) is 85.9 Å². The maximum atomic E-state index is 6.43. The molecule has 71 heavy (non-hydrogen) atoms. The van der Waals surface area contributed by atoms with Crippen LogP contribution in [0.1, 0.15) is 0 Å². The standard InChI is InChI=1S/C57H39N10O4/c1-65(45-25-15-6-16-26-45)46-27-29-47(30-28-46)67(49-33-42(54-61-58-51(69-54)38-17-7-2-8-18-38)31-43(34-49)55-62-59-52(70-55)39-19-9-3-10-20-39)50-35-44(56-63-60-53(71-56)40-21-11-4-12-22-40)32-48(36-50)66-37-68-57(64-66)41-23-13-5-14-24-41/h2-37H,1H3/q+1. The van der Waals surface area contributed by atoms with Gasteiger partial charge in [-0.1, -0.05) is 91.0 Å². The molecule has 0 N–H and O–H groups in total. The average Bonchev–Trinajstić information content (AvgIpc) is 4.31. The van der Waals surface area contributed by atoms with Gasteiger partial charge in [0, 0.05) is 86.0 Å². The Morgan fingerprint density at radius 2 is 0.676 bits per heavy atom. The fourth-order valence-electron chi connectivity index (χ4n) is 8.22. The molecule has 340 valence electrons. The van der Waals surface area contributed by atoms with E-state index in [0.29, 0.717) is 63.2 Å². The van der Waals surface area contributed by atoms with Crippen molar-refractivity contribution >= 4 is 28.4 Å². The molecule has 0 saturated heterocycles. The first-order valence-electron chi connectivity index (χ1n) is 22.7. The maximum Gasteiger partial charge on any atom is 0.368 e. The van der Waals surface area contributed by atoms with Crippen LogP contribution in [0.15, 0.2) is 236 Å². The fraction of sp³-hybridized carbons (Fsp3) is 0.0175. The number of anilines is 5. The third-order valence-electron chi connectivity index (χ3n) is 11.8. The van der Waals surface area contributed by atoms with Gasteiger partial charge < -0.3 is 27.5 Å². The highest BCUT2D eigenvalue weighted by Crippen LogP contribution is 2.43. The Bertz CT molecular complexity index is 3340. The van der Waals surface area contributed by atoms with Crippen LogP contribution in [-0.4, -0.2) is 42.7 Å². The summed E-state index contributed by atoms with van der Waals surface area (Å²) < 4.78 is 27.0. The second kappa shape index (κ2) is 18.5. The van der Waals surface area contributed by atoms with E-state index in [-0.39, 0.29) is 11.8 Å². The van der Waals surface area contributed by atoms with Crippen molar-refractivity contribution < 1.29 is 22.4 Å². The Kier molecular flexibility index (Phi) is 11.0. The van der Waals surface area contributed by atoms with Gasteiger partial charge in [0.05, 0.1) is 5.69 Å². The van der Waals surface area contributed by atoms with Crippen LogP contribution in [0, 0.1) is 0 Å². The van der Waals surface area contributed by atoms with E-state index < -0.39 is 0 Å². The molecule has 0 spiro atoms. The number of rotatable bonds is 13. The first-order chi connectivity index (χ1) is 35.1. The highest BCUT2D eigenvalue weighted by molar-refractivity contribution is 5.85. The molecule has 0 fully saturated rings. The van der Waals surface area contributed by atoms with E-state index in [1.54, 1.807) is 11.1 Å². The Balaban J connectivity index is 1.06. The Morgan fingerprint density at radius 3 is 1.13 bits per heavy atom. The number of para-hydroxylation sites is 1. The molecule has 0 atom stereocenters. The Morgan fingerprint density at radius 1 is 0.324 bits per heavy atom. The van der Waals surface area contributed by atoms with Gasteiger partial charge in [-0.3, -0.25) is 0 Å². The topological polar surface area (TPSA) is 153 Å². The summed E-state index contributed by atoms with van der Waals surface area (Å²) in [6.07, 6.45) is 1.57. The number of hydrogen-bond acceptors (Lipinski definition) is 13. The molecule has 8 aromatic carbocycles. The average molecular weight is 928 g/mol. The molecule has 0 radical (unpaired) electrons. The van der Waals surface area contributed by atoms with Crippen LogP contribution in [0.5, 0.6) is 0 Å². The zero-order valence-corrected chi connectivity index (χ0v) is 37.9. The smallest absolute Gasteiger partial charge is 0.368 e. The minimum Gasteiger partial charge on any atom is -0.416 e.